The highest BCUT2D eigenvalue weighted by molar-refractivity contribution is 6.17. The van der Waals surface area contributed by atoms with Gasteiger partial charge in [0, 0.05) is 30.3 Å². The Bertz CT molecular complexity index is 640. The van der Waals surface area contributed by atoms with Crippen molar-refractivity contribution >= 4 is 11.6 Å². The predicted octanol–water partition coefficient (Wildman–Crippen LogP) is 1.53. The van der Waals surface area contributed by atoms with Gasteiger partial charge in [-0.15, -0.1) is 11.6 Å². The van der Waals surface area contributed by atoms with Gasteiger partial charge >= 0.3 is 5.69 Å². The minimum absolute atomic E-state index is 0.273. The molecule has 0 amide bonds. The first kappa shape index (κ1) is 12.7. The monoisotopic (exact) mass is 268 g/mol. The summed E-state index contributed by atoms with van der Waals surface area (Å²) in [6, 6.07) is 1.66. The molecule has 2 aromatic rings. The molecule has 6 heteroatoms. The van der Waals surface area contributed by atoms with Crippen LogP contribution >= 0.6 is 11.6 Å². The largest absolute Gasteiger partial charge is 0.470 e. The van der Waals surface area contributed by atoms with E-state index in [1.165, 1.54) is 27.9 Å². The molecule has 5 nitrogen and oxygen atoms in total. The molecule has 2 rings (SSSR count). The van der Waals surface area contributed by atoms with Crippen molar-refractivity contribution in [3.05, 3.63) is 51.2 Å². The molecule has 2 aromatic heterocycles. The third kappa shape index (κ3) is 2.26. The second-order valence-corrected chi connectivity index (χ2v) is 4.32. The van der Waals surface area contributed by atoms with Gasteiger partial charge in [-0.05, 0) is 13.3 Å². The summed E-state index contributed by atoms with van der Waals surface area (Å²) in [6.45, 7) is 2.00. The SMILES string of the molecule is Cc1cn(-c2ccoc2)c(=O)n(CCCCl)c1=O. The molecule has 0 spiro atoms. The van der Waals surface area contributed by atoms with Crippen molar-refractivity contribution in [1.29, 1.82) is 0 Å². The maximum atomic E-state index is 12.2. The molecule has 0 aliphatic rings. The fraction of sp³-hybridized carbons (Fsp3) is 0.333. The van der Waals surface area contributed by atoms with Crippen LogP contribution < -0.4 is 11.2 Å². The fourth-order valence-corrected chi connectivity index (χ4v) is 1.85. The average molecular weight is 269 g/mol. The number of halogens is 1. The molecular weight excluding hydrogens is 256 g/mol. The van der Waals surface area contributed by atoms with Gasteiger partial charge in [0.05, 0.1) is 12.0 Å². The lowest BCUT2D eigenvalue weighted by Crippen LogP contribution is -2.40. The molecule has 0 radical (unpaired) electrons. The van der Waals surface area contributed by atoms with E-state index in [2.05, 4.69) is 0 Å². The standard InChI is InChI=1S/C12H13ClN2O3/c1-9-7-15(10-3-6-18-8-10)12(17)14(11(9)16)5-2-4-13/h3,6-8H,2,4-5H2,1H3. The van der Waals surface area contributed by atoms with E-state index >= 15 is 0 Å². The van der Waals surface area contributed by atoms with Gasteiger partial charge < -0.3 is 4.42 Å². The van der Waals surface area contributed by atoms with Gasteiger partial charge in [0.2, 0.25) is 0 Å². The number of aromatic nitrogens is 2. The lowest BCUT2D eigenvalue weighted by Gasteiger charge is -2.09. The van der Waals surface area contributed by atoms with Gasteiger partial charge in [-0.3, -0.25) is 13.9 Å². The van der Waals surface area contributed by atoms with Crippen molar-refractivity contribution in [2.45, 2.75) is 19.9 Å². The Kier molecular flexibility index (Phi) is 3.72. The summed E-state index contributed by atoms with van der Waals surface area (Å²) in [7, 11) is 0. The molecular formula is C12H13ClN2O3. The second-order valence-electron chi connectivity index (χ2n) is 3.95. The lowest BCUT2D eigenvalue weighted by molar-refractivity contribution is 0.560. The zero-order valence-corrected chi connectivity index (χ0v) is 10.7. The highest BCUT2D eigenvalue weighted by Gasteiger charge is 2.10. The summed E-state index contributed by atoms with van der Waals surface area (Å²) in [4.78, 5) is 24.1. The molecule has 96 valence electrons. The number of nitrogens with zero attached hydrogens (tertiary/aromatic N) is 2. The maximum absolute atomic E-state index is 12.2. The second kappa shape index (κ2) is 5.27. The third-order valence-corrected chi connectivity index (χ3v) is 2.91. The normalized spacial score (nSPS) is 10.8. The summed E-state index contributed by atoms with van der Waals surface area (Å²) in [5, 5.41) is 0. The maximum Gasteiger partial charge on any atom is 0.335 e. The summed E-state index contributed by atoms with van der Waals surface area (Å²) >= 11 is 5.60. The highest BCUT2D eigenvalue weighted by atomic mass is 35.5. The van der Waals surface area contributed by atoms with Crippen LogP contribution in [0.1, 0.15) is 12.0 Å². The van der Waals surface area contributed by atoms with Crippen molar-refractivity contribution in [3.8, 4) is 5.69 Å². The molecule has 0 bridgehead atoms. The Morgan fingerprint density at radius 1 is 1.39 bits per heavy atom. The molecule has 0 saturated carbocycles. The van der Waals surface area contributed by atoms with Gasteiger partial charge in [0.25, 0.3) is 5.56 Å². The average Bonchev–Trinajstić information content (AvgIpc) is 2.87. The number of rotatable bonds is 4. The van der Waals surface area contributed by atoms with Gasteiger partial charge in [0.15, 0.2) is 0 Å². The van der Waals surface area contributed by atoms with Crippen LogP contribution in [-0.4, -0.2) is 15.0 Å². The molecule has 0 N–H and O–H groups in total. The fourth-order valence-electron chi connectivity index (χ4n) is 1.73. The van der Waals surface area contributed by atoms with Crippen LogP contribution in [-0.2, 0) is 6.54 Å². The van der Waals surface area contributed by atoms with E-state index in [-0.39, 0.29) is 11.2 Å². The van der Waals surface area contributed by atoms with Crippen LogP contribution in [0.4, 0.5) is 0 Å². The topological polar surface area (TPSA) is 57.1 Å². The van der Waals surface area contributed by atoms with Gasteiger partial charge in [-0.1, -0.05) is 0 Å². The number of furan rings is 1. The summed E-state index contributed by atoms with van der Waals surface area (Å²) in [6.07, 6.45) is 5.03. The highest BCUT2D eigenvalue weighted by Crippen LogP contribution is 2.04. The first-order valence-corrected chi connectivity index (χ1v) is 6.10. The van der Waals surface area contributed by atoms with E-state index in [0.717, 1.165) is 0 Å². The van der Waals surface area contributed by atoms with Crippen molar-refractivity contribution in [2.75, 3.05) is 5.88 Å². The van der Waals surface area contributed by atoms with Gasteiger partial charge in [0.1, 0.15) is 6.26 Å². The van der Waals surface area contributed by atoms with Crippen LogP contribution in [0.2, 0.25) is 0 Å². The number of alkyl halides is 1. The molecule has 0 unspecified atom stereocenters. The van der Waals surface area contributed by atoms with E-state index in [9.17, 15) is 9.59 Å². The third-order valence-electron chi connectivity index (χ3n) is 2.64. The smallest absolute Gasteiger partial charge is 0.335 e. The quantitative estimate of drug-likeness (QED) is 0.790. The van der Waals surface area contributed by atoms with Crippen molar-refractivity contribution in [1.82, 2.24) is 9.13 Å². The predicted molar refractivity (Wildman–Crippen MR) is 68.6 cm³/mol. The minimum Gasteiger partial charge on any atom is -0.470 e. The van der Waals surface area contributed by atoms with E-state index in [1.54, 1.807) is 13.0 Å². The summed E-state index contributed by atoms with van der Waals surface area (Å²) < 4.78 is 7.54. The molecule has 0 aliphatic carbocycles. The molecule has 2 heterocycles. The van der Waals surface area contributed by atoms with E-state index in [1.807, 2.05) is 0 Å². The van der Waals surface area contributed by atoms with E-state index < -0.39 is 0 Å². The Hall–Kier alpha value is -1.75. The minimum atomic E-state index is -0.378. The van der Waals surface area contributed by atoms with Crippen molar-refractivity contribution in [3.63, 3.8) is 0 Å². The van der Waals surface area contributed by atoms with E-state index in [0.29, 0.717) is 30.1 Å². The summed E-state index contributed by atoms with van der Waals surface area (Å²) in [5.41, 5.74) is 0.454. The van der Waals surface area contributed by atoms with Crippen LogP contribution in [0.15, 0.2) is 38.8 Å². The van der Waals surface area contributed by atoms with Gasteiger partial charge in [-0.2, -0.15) is 0 Å². The Morgan fingerprint density at radius 2 is 2.17 bits per heavy atom. The first-order valence-electron chi connectivity index (χ1n) is 5.57. The molecule has 0 aliphatic heterocycles. The zero-order chi connectivity index (χ0) is 13.1. The lowest BCUT2D eigenvalue weighted by atomic mass is 10.3. The van der Waals surface area contributed by atoms with Crippen LogP contribution in [0.5, 0.6) is 0 Å². The molecule has 0 fully saturated rings. The number of aryl methyl sites for hydroxylation is 1. The molecule has 18 heavy (non-hydrogen) atoms. The van der Waals surface area contributed by atoms with Crippen molar-refractivity contribution < 1.29 is 4.42 Å². The molecule has 0 saturated heterocycles. The zero-order valence-electron chi connectivity index (χ0n) is 9.93. The Morgan fingerprint density at radius 3 is 2.78 bits per heavy atom. The molecule has 0 aromatic carbocycles. The summed E-state index contributed by atoms with van der Waals surface area (Å²) in [5.74, 6) is 0.408. The van der Waals surface area contributed by atoms with Gasteiger partial charge in [-0.25, -0.2) is 4.79 Å². The number of hydrogen-bond donors (Lipinski definition) is 0. The molecule has 0 atom stereocenters. The van der Waals surface area contributed by atoms with Crippen LogP contribution in [0, 0.1) is 6.92 Å². The van der Waals surface area contributed by atoms with Crippen molar-refractivity contribution in [2.24, 2.45) is 0 Å². The van der Waals surface area contributed by atoms with E-state index in [4.69, 9.17) is 16.0 Å². The van der Waals surface area contributed by atoms with Crippen LogP contribution in [0.3, 0.4) is 0 Å². The van der Waals surface area contributed by atoms with Crippen LogP contribution in [0.25, 0.3) is 5.69 Å². The Labute approximate surface area is 108 Å². The Balaban J connectivity index is 2.60. The number of hydrogen-bond acceptors (Lipinski definition) is 3. The first-order chi connectivity index (χ1) is 8.65.